The first-order valence-corrected chi connectivity index (χ1v) is 10.5. The third-order valence-electron chi connectivity index (χ3n) is 5.54. The number of nitrogens with one attached hydrogen (secondary N) is 1. The van der Waals surface area contributed by atoms with Crippen molar-refractivity contribution in [1.82, 2.24) is 4.90 Å². The Morgan fingerprint density at radius 2 is 1.83 bits per heavy atom. The van der Waals surface area contributed by atoms with E-state index in [4.69, 9.17) is 5.73 Å². The standard InChI is InChI=1S/C24H22BrN3O2/c1-14-11-18-19(22(25)15(14)2)13-28(24(18)30)12-16-7-9-17(10-8-16)23(29)27-21-6-4-3-5-20(21)26/h3-11H,12-13,26H2,1-2H3,(H,27,29). The van der Waals surface area contributed by atoms with Crippen molar-refractivity contribution in [3.63, 3.8) is 0 Å². The number of nitrogens with zero attached hydrogens (tertiary/aromatic N) is 1. The Bertz CT molecular complexity index is 1160. The molecule has 0 aromatic heterocycles. The van der Waals surface area contributed by atoms with Gasteiger partial charge in [0.05, 0.1) is 11.4 Å². The highest BCUT2D eigenvalue weighted by Crippen LogP contribution is 2.34. The molecule has 4 rings (SSSR count). The predicted octanol–water partition coefficient (Wildman–Crippen LogP) is 5.06. The van der Waals surface area contributed by atoms with Gasteiger partial charge in [-0.05, 0) is 66.4 Å². The van der Waals surface area contributed by atoms with Crippen LogP contribution in [0.4, 0.5) is 11.4 Å². The molecule has 3 N–H and O–H groups in total. The lowest BCUT2D eigenvalue weighted by Crippen LogP contribution is -2.23. The van der Waals surface area contributed by atoms with Gasteiger partial charge in [0.2, 0.25) is 0 Å². The summed E-state index contributed by atoms with van der Waals surface area (Å²) in [4.78, 5) is 27.2. The Morgan fingerprint density at radius 1 is 1.13 bits per heavy atom. The van der Waals surface area contributed by atoms with Gasteiger partial charge >= 0.3 is 0 Å². The van der Waals surface area contributed by atoms with Crippen molar-refractivity contribution in [3.05, 3.63) is 92.5 Å². The van der Waals surface area contributed by atoms with E-state index in [1.807, 2.05) is 42.2 Å². The van der Waals surface area contributed by atoms with Crippen LogP contribution in [0.2, 0.25) is 0 Å². The minimum Gasteiger partial charge on any atom is -0.397 e. The van der Waals surface area contributed by atoms with Gasteiger partial charge in [0.15, 0.2) is 0 Å². The van der Waals surface area contributed by atoms with E-state index >= 15 is 0 Å². The molecule has 0 bridgehead atoms. The maximum atomic E-state index is 12.9. The Hall–Kier alpha value is -3.12. The highest BCUT2D eigenvalue weighted by atomic mass is 79.9. The van der Waals surface area contributed by atoms with E-state index in [9.17, 15) is 9.59 Å². The summed E-state index contributed by atoms with van der Waals surface area (Å²) in [5, 5.41) is 2.82. The third-order valence-corrected chi connectivity index (χ3v) is 6.61. The number of aryl methyl sites for hydroxylation is 1. The van der Waals surface area contributed by atoms with Gasteiger partial charge < -0.3 is 16.0 Å². The number of benzene rings is 3. The summed E-state index contributed by atoms with van der Waals surface area (Å²) in [5.74, 6) is -0.186. The molecule has 0 radical (unpaired) electrons. The van der Waals surface area contributed by atoms with Crippen molar-refractivity contribution in [2.75, 3.05) is 11.1 Å². The molecule has 5 nitrogen and oxygen atoms in total. The summed E-state index contributed by atoms with van der Waals surface area (Å²) in [6.07, 6.45) is 0. The Morgan fingerprint density at radius 3 is 2.53 bits per heavy atom. The number of nitrogens with two attached hydrogens (primary N) is 1. The fourth-order valence-corrected chi connectivity index (χ4v) is 4.27. The van der Waals surface area contributed by atoms with Gasteiger partial charge in [-0.1, -0.05) is 40.2 Å². The van der Waals surface area contributed by atoms with Crippen LogP contribution in [0.3, 0.4) is 0 Å². The highest BCUT2D eigenvalue weighted by Gasteiger charge is 2.30. The molecule has 0 fully saturated rings. The minimum absolute atomic E-state index is 0.0372. The number of fused-ring (bicyclic) bond motifs is 1. The monoisotopic (exact) mass is 463 g/mol. The Labute approximate surface area is 184 Å². The van der Waals surface area contributed by atoms with Crippen molar-refractivity contribution >= 4 is 39.1 Å². The molecule has 0 spiro atoms. The van der Waals surface area contributed by atoms with E-state index < -0.39 is 0 Å². The molecule has 2 amide bonds. The second-order valence-corrected chi connectivity index (χ2v) is 8.35. The van der Waals surface area contributed by atoms with Crippen LogP contribution in [0.5, 0.6) is 0 Å². The second-order valence-electron chi connectivity index (χ2n) is 7.56. The summed E-state index contributed by atoms with van der Waals surface area (Å²) in [6.45, 7) is 5.14. The number of halogens is 1. The van der Waals surface area contributed by atoms with Crippen LogP contribution < -0.4 is 11.1 Å². The van der Waals surface area contributed by atoms with Crippen LogP contribution in [0.15, 0.2) is 59.1 Å². The van der Waals surface area contributed by atoms with E-state index in [1.54, 1.807) is 24.3 Å². The van der Waals surface area contributed by atoms with E-state index in [2.05, 4.69) is 28.2 Å². The van der Waals surface area contributed by atoms with Crippen LogP contribution in [0.25, 0.3) is 0 Å². The van der Waals surface area contributed by atoms with Crippen LogP contribution in [-0.4, -0.2) is 16.7 Å². The lowest BCUT2D eigenvalue weighted by atomic mass is 10.0. The summed E-state index contributed by atoms with van der Waals surface area (Å²) in [6, 6.07) is 16.4. The number of carbonyl (C=O) groups excluding carboxylic acids is 2. The second kappa shape index (κ2) is 7.95. The third kappa shape index (κ3) is 3.71. The minimum atomic E-state index is -0.223. The van der Waals surface area contributed by atoms with Crippen LogP contribution >= 0.6 is 15.9 Å². The van der Waals surface area contributed by atoms with Gasteiger partial charge in [-0.25, -0.2) is 0 Å². The van der Waals surface area contributed by atoms with Gasteiger partial charge in [0.25, 0.3) is 11.8 Å². The first-order chi connectivity index (χ1) is 14.3. The maximum Gasteiger partial charge on any atom is 0.255 e. The van der Waals surface area contributed by atoms with Crippen LogP contribution in [0.1, 0.15) is 43.0 Å². The van der Waals surface area contributed by atoms with E-state index in [0.717, 1.165) is 32.3 Å². The smallest absolute Gasteiger partial charge is 0.255 e. The largest absolute Gasteiger partial charge is 0.397 e. The summed E-state index contributed by atoms with van der Waals surface area (Å²) in [5.41, 5.74) is 12.6. The molecule has 0 aliphatic carbocycles. The maximum absolute atomic E-state index is 12.9. The molecule has 3 aromatic rings. The molecule has 1 heterocycles. The van der Waals surface area contributed by atoms with Gasteiger partial charge in [0, 0.05) is 28.7 Å². The molecule has 1 aliphatic heterocycles. The van der Waals surface area contributed by atoms with Crippen molar-refractivity contribution in [3.8, 4) is 0 Å². The zero-order valence-corrected chi connectivity index (χ0v) is 18.4. The van der Waals surface area contributed by atoms with Gasteiger partial charge in [-0.3, -0.25) is 9.59 Å². The van der Waals surface area contributed by atoms with Gasteiger partial charge in [-0.15, -0.1) is 0 Å². The zero-order chi connectivity index (χ0) is 21.4. The number of nitrogen functional groups attached to an aromatic ring is 1. The molecule has 0 saturated carbocycles. The zero-order valence-electron chi connectivity index (χ0n) is 16.8. The van der Waals surface area contributed by atoms with Crippen molar-refractivity contribution in [2.45, 2.75) is 26.9 Å². The lowest BCUT2D eigenvalue weighted by molar-refractivity contribution is 0.0766. The number of amides is 2. The molecule has 0 atom stereocenters. The first-order valence-electron chi connectivity index (χ1n) is 9.68. The van der Waals surface area contributed by atoms with Crippen LogP contribution in [0, 0.1) is 13.8 Å². The number of carbonyl (C=O) groups is 2. The molecule has 30 heavy (non-hydrogen) atoms. The molecule has 0 unspecified atom stereocenters. The van der Waals surface area contributed by atoms with E-state index in [-0.39, 0.29) is 11.8 Å². The van der Waals surface area contributed by atoms with E-state index in [1.165, 1.54) is 0 Å². The first kappa shape index (κ1) is 20.2. The highest BCUT2D eigenvalue weighted by molar-refractivity contribution is 9.10. The fourth-order valence-electron chi connectivity index (χ4n) is 3.62. The molecular weight excluding hydrogens is 442 g/mol. The molecule has 1 aliphatic rings. The lowest BCUT2D eigenvalue weighted by Gasteiger charge is -2.16. The number of para-hydroxylation sites is 2. The van der Waals surface area contributed by atoms with Crippen molar-refractivity contribution in [2.24, 2.45) is 0 Å². The Balaban J connectivity index is 1.47. The van der Waals surface area contributed by atoms with E-state index in [0.29, 0.717) is 30.0 Å². The topological polar surface area (TPSA) is 75.4 Å². The van der Waals surface area contributed by atoms with Crippen molar-refractivity contribution < 1.29 is 9.59 Å². The van der Waals surface area contributed by atoms with Gasteiger partial charge in [0.1, 0.15) is 0 Å². The number of rotatable bonds is 4. The quantitative estimate of drug-likeness (QED) is 0.531. The molecule has 3 aromatic carbocycles. The van der Waals surface area contributed by atoms with Crippen molar-refractivity contribution in [1.29, 1.82) is 0 Å². The number of anilines is 2. The van der Waals surface area contributed by atoms with Crippen LogP contribution in [-0.2, 0) is 13.1 Å². The molecular formula is C24H22BrN3O2. The normalized spacial score (nSPS) is 12.8. The SMILES string of the molecule is Cc1cc2c(c(Br)c1C)CN(Cc1ccc(C(=O)Nc3ccccc3N)cc1)C2=O. The average Bonchev–Trinajstić information content (AvgIpc) is 3.04. The molecule has 152 valence electrons. The fraction of sp³-hybridized carbons (Fsp3) is 0.167. The molecule has 6 heteroatoms. The summed E-state index contributed by atoms with van der Waals surface area (Å²) in [7, 11) is 0. The molecule has 0 saturated heterocycles. The summed E-state index contributed by atoms with van der Waals surface area (Å²) >= 11 is 3.65. The number of hydrogen-bond donors (Lipinski definition) is 2. The number of hydrogen-bond acceptors (Lipinski definition) is 3. The summed E-state index contributed by atoms with van der Waals surface area (Å²) < 4.78 is 1.01. The predicted molar refractivity (Wildman–Crippen MR) is 122 cm³/mol. The Kier molecular flexibility index (Phi) is 5.35. The van der Waals surface area contributed by atoms with Gasteiger partial charge in [-0.2, -0.15) is 0 Å². The average molecular weight is 464 g/mol.